The molecule has 4 nitrogen and oxygen atoms in total. The molecule has 1 amide bonds. The van der Waals surface area contributed by atoms with Gasteiger partial charge in [-0.25, -0.2) is 4.98 Å². The van der Waals surface area contributed by atoms with Crippen molar-refractivity contribution >= 4 is 17.2 Å². The number of allylic oxidation sites excluding steroid dienone is 1. The summed E-state index contributed by atoms with van der Waals surface area (Å²) in [4.78, 5) is 19.1. The lowest BCUT2D eigenvalue weighted by molar-refractivity contribution is -0.120. The number of rotatable bonds is 7. The van der Waals surface area contributed by atoms with Crippen molar-refractivity contribution in [2.75, 3.05) is 19.6 Å². The van der Waals surface area contributed by atoms with E-state index in [1.54, 1.807) is 11.3 Å². The lowest BCUT2D eigenvalue weighted by atomic mass is 9.97. The summed E-state index contributed by atoms with van der Waals surface area (Å²) in [5, 5.41) is 6.21. The zero-order chi connectivity index (χ0) is 15.9. The minimum atomic E-state index is 0.0967. The third-order valence-electron chi connectivity index (χ3n) is 4.65. The van der Waals surface area contributed by atoms with Gasteiger partial charge in [0.2, 0.25) is 5.91 Å². The van der Waals surface area contributed by atoms with Gasteiger partial charge in [-0.05, 0) is 58.0 Å². The smallest absolute Gasteiger partial charge is 0.226 e. The van der Waals surface area contributed by atoms with Gasteiger partial charge in [-0.15, -0.1) is 11.3 Å². The predicted octanol–water partition coefficient (Wildman–Crippen LogP) is 3.29. The van der Waals surface area contributed by atoms with Gasteiger partial charge in [0.15, 0.2) is 0 Å². The maximum Gasteiger partial charge on any atom is 0.226 e. The first kappa shape index (κ1) is 16.7. The molecule has 0 atom stereocenters. The largest absolute Gasteiger partial charge is 0.355 e. The molecule has 0 bridgehead atoms. The number of carbonyl (C=O) groups is 1. The maximum atomic E-state index is 12.0. The van der Waals surface area contributed by atoms with E-state index in [0.29, 0.717) is 6.42 Å². The van der Waals surface area contributed by atoms with E-state index < -0.39 is 0 Å². The zero-order valence-corrected chi connectivity index (χ0v) is 14.7. The van der Waals surface area contributed by atoms with E-state index in [0.717, 1.165) is 30.2 Å². The Hall–Kier alpha value is -1.20. The van der Waals surface area contributed by atoms with Gasteiger partial charge in [-0.2, -0.15) is 0 Å². The standard InChI is InChI=1S/C18H27N3OS/c22-17(19-9-8-15-6-2-1-3-7-15)12-16-14-23-18(20-16)13-21-10-4-5-11-21/h6,14H,1-5,7-13H2,(H,19,22). The fourth-order valence-electron chi connectivity index (χ4n) is 3.36. The molecule has 2 heterocycles. The Bertz CT molecular complexity index is 546. The van der Waals surface area contributed by atoms with E-state index in [9.17, 15) is 4.79 Å². The average Bonchev–Trinajstić information content (AvgIpc) is 3.21. The molecule has 0 saturated carbocycles. The number of likely N-dealkylation sites (tertiary alicyclic amines) is 1. The normalized spacial score (nSPS) is 18.9. The first-order valence-electron chi connectivity index (χ1n) is 8.90. The molecule has 1 saturated heterocycles. The van der Waals surface area contributed by atoms with Crippen molar-refractivity contribution in [3.8, 4) is 0 Å². The number of nitrogens with one attached hydrogen (secondary N) is 1. The Balaban J connectivity index is 1.37. The third kappa shape index (κ3) is 5.43. The number of aromatic nitrogens is 1. The fourth-order valence-corrected chi connectivity index (χ4v) is 4.19. The first-order chi connectivity index (χ1) is 11.3. The van der Waals surface area contributed by atoms with Gasteiger partial charge in [0, 0.05) is 11.9 Å². The second-order valence-electron chi connectivity index (χ2n) is 6.60. The lowest BCUT2D eigenvalue weighted by Crippen LogP contribution is -2.26. The summed E-state index contributed by atoms with van der Waals surface area (Å²) >= 11 is 1.68. The molecule has 1 aliphatic heterocycles. The van der Waals surface area contributed by atoms with E-state index in [2.05, 4.69) is 21.3 Å². The molecule has 1 aromatic rings. The summed E-state index contributed by atoms with van der Waals surface area (Å²) in [6.07, 6.45) is 11.4. The number of amides is 1. The van der Waals surface area contributed by atoms with Gasteiger partial charge < -0.3 is 5.32 Å². The van der Waals surface area contributed by atoms with Crippen LogP contribution in [0.1, 0.15) is 55.6 Å². The Morgan fingerprint density at radius 1 is 1.26 bits per heavy atom. The van der Waals surface area contributed by atoms with Crippen LogP contribution in [-0.4, -0.2) is 35.4 Å². The van der Waals surface area contributed by atoms with Crippen molar-refractivity contribution in [3.63, 3.8) is 0 Å². The SMILES string of the molecule is O=C(Cc1csc(CN2CCCC2)n1)NCCC1=CCCCC1. The van der Waals surface area contributed by atoms with Crippen molar-refractivity contribution in [2.24, 2.45) is 0 Å². The maximum absolute atomic E-state index is 12.0. The van der Waals surface area contributed by atoms with E-state index in [1.807, 2.05) is 5.38 Å². The molecule has 0 aromatic carbocycles. The highest BCUT2D eigenvalue weighted by atomic mass is 32.1. The van der Waals surface area contributed by atoms with Crippen LogP contribution in [0.25, 0.3) is 0 Å². The Morgan fingerprint density at radius 2 is 2.13 bits per heavy atom. The molecule has 0 unspecified atom stereocenters. The van der Waals surface area contributed by atoms with Crippen LogP contribution in [0, 0.1) is 0 Å². The molecule has 1 N–H and O–H groups in total. The summed E-state index contributed by atoms with van der Waals surface area (Å²) < 4.78 is 0. The van der Waals surface area contributed by atoms with E-state index in [4.69, 9.17) is 0 Å². The lowest BCUT2D eigenvalue weighted by Gasteiger charge is -2.12. The molecular weight excluding hydrogens is 306 g/mol. The molecule has 1 aliphatic carbocycles. The highest BCUT2D eigenvalue weighted by molar-refractivity contribution is 7.09. The van der Waals surface area contributed by atoms with Crippen LogP contribution >= 0.6 is 11.3 Å². The molecular formula is C18H27N3OS. The van der Waals surface area contributed by atoms with Crippen molar-refractivity contribution < 1.29 is 4.79 Å². The van der Waals surface area contributed by atoms with E-state index >= 15 is 0 Å². The summed E-state index contributed by atoms with van der Waals surface area (Å²) in [6.45, 7) is 4.08. The third-order valence-corrected chi connectivity index (χ3v) is 5.53. The quantitative estimate of drug-likeness (QED) is 0.779. The molecule has 23 heavy (non-hydrogen) atoms. The van der Waals surface area contributed by atoms with Crippen molar-refractivity contribution in [2.45, 2.75) is 57.9 Å². The Kier molecular flexibility index (Phi) is 6.22. The van der Waals surface area contributed by atoms with Gasteiger partial charge in [-0.3, -0.25) is 9.69 Å². The summed E-state index contributed by atoms with van der Waals surface area (Å²) in [5.41, 5.74) is 2.43. The number of nitrogens with zero attached hydrogens (tertiary/aromatic N) is 2. The van der Waals surface area contributed by atoms with E-state index in [1.165, 1.54) is 57.2 Å². The number of hydrogen-bond donors (Lipinski definition) is 1. The molecule has 2 aliphatic rings. The van der Waals surface area contributed by atoms with Crippen LogP contribution in [0.3, 0.4) is 0 Å². The molecule has 0 radical (unpaired) electrons. The van der Waals surface area contributed by atoms with Crippen LogP contribution in [0.4, 0.5) is 0 Å². The number of carbonyl (C=O) groups excluding carboxylic acids is 1. The van der Waals surface area contributed by atoms with Crippen LogP contribution < -0.4 is 5.32 Å². The van der Waals surface area contributed by atoms with Crippen LogP contribution in [0.5, 0.6) is 0 Å². The van der Waals surface area contributed by atoms with Crippen LogP contribution in [0.15, 0.2) is 17.0 Å². The summed E-state index contributed by atoms with van der Waals surface area (Å²) in [6, 6.07) is 0. The zero-order valence-electron chi connectivity index (χ0n) is 13.9. The van der Waals surface area contributed by atoms with Gasteiger partial charge >= 0.3 is 0 Å². The molecule has 3 rings (SSSR count). The van der Waals surface area contributed by atoms with Crippen LogP contribution in [0.2, 0.25) is 0 Å². The minimum Gasteiger partial charge on any atom is -0.355 e. The monoisotopic (exact) mass is 333 g/mol. The minimum absolute atomic E-state index is 0.0967. The number of hydrogen-bond acceptors (Lipinski definition) is 4. The predicted molar refractivity (Wildman–Crippen MR) is 94.5 cm³/mol. The van der Waals surface area contributed by atoms with Gasteiger partial charge in [-0.1, -0.05) is 11.6 Å². The van der Waals surface area contributed by atoms with Crippen molar-refractivity contribution in [1.29, 1.82) is 0 Å². The topological polar surface area (TPSA) is 45.2 Å². The fraction of sp³-hybridized carbons (Fsp3) is 0.667. The van der Waals surface area contributed by atoms with Gasteiger partial charge in [0.25, 0.3) is 0 Å². The van der Waals surface area contributed by atoms with Gasteiger partial charge in [0.05, 0.1) is 18.7 Å². The number of thiazole rings is 1. The van der Waals surface area contributed by atoms with Crippen LogP contribution in [-0.2, 0) is 17.8 Å². The molecule has 1 aromatic heterocycles. The highest BCUT2D eigenvalue weighted by Crippen LogP contribution is 2.19. The molecule has 126 valence electrons. The van der Waals surface area contributed by atoms with Crippen molar-refractivity contribution in [1.82, 2.24) is 15.2 Å². The van der Waals surface area contributed by atoms with Gasteiger partial charge in [0.1, 0.15) is 5.01 Å². The second-order valence-corrected chi connectivity index (χ2v) is 7.54. The van der Waals surface area contributed by atoms with Crippen molar-refractivity contribution in [3.05, 3.63) is 27.7 Å². The highest BCUT2D eigenvalue weighted by Gasteiger charge is 2.14. The second kappa shape index (κ2) is 8.60. The molecule has 1 fully saturated rings. The first-order valence-corrected chi connectivity index (χ1v) is 9.78. The Morgan fingerprint density at radius 3 is 2.91 bits per heavy atom. The van der Waals surface area contributed by atoms with E-state index in [-0.39, 0.29) is 5.91 Å². The Labute approximate surface area is 143 Å². The average molecular weight is 334 g/mol. The summed E-state index contributed by atoms with van der Waals surface area (Å²) in [7, 11) is 0. The summed E-state index contributed by atoms with van der Waals surface area (Å²) in [5.74, 6) is 0.0967. The molecule has 5 heteroatoms. The molecule has 0 spiro atoms.